The lowest BCUT2D eigenvalue weighted by atomic mass is 9.93. The fourth-order valence-electron chi connectivity index (χ4n) is 5.15. The van der Waals surface area contributed by atoms with Crippen LogP contribution in [-0.2, 0) is 25.7 Å². The van der Waals surface area contributed by atoms with E-state index in [-0.39, 0.29) is 14.9 Å². The van der Waals surface area contributed by atoms with Crippen molar-refractivity contribution in [2.24, 2.45) is 0 Å². The maximum Gasteiger partial charge on any atom is 0.123 e. The SMILES string of the molecule is C.C.CCCc1c(C)ccc2c1/C(=C/C#N)CC2.N#C/C=C1\CCc2ccc3c(c21)CCO3. The second-order valence-electron chi connectivity index (χ2n) is 8.42. The van der Waals surface area contributed by atoms with Crippen LogP contribution in [0, 0.1) is 29.6 Å². The minimum atomic E-state index is 0. The number of allylic oxidation sites excluding steroid dienone is 4. The molecule has 0 saturated carbocycles. The van der Waals surface area contributed by atoms with E-state index in [1.165, 1.54) is 50.1 Å². The van der Waals surface area contributed by atoms with Gasteiger partial charge in [0.05, 0.1) is 18.7 Å². The van der Waals surface area contributed by atoms with Crippen molar-refractivity contribution in [3.05, 3.63) is 75.4 Å². The van der Waals surface area contributed by atoms with Gasteiger partial charge in [-0.2, -0.15) is 10.5 Å². The van der Waals surface area contributed by atoms with Gasteiger partial charge in [-0.15, -0.1) is 0 Å². The number of nitriles is 2. The largest absolute Gasteiger partial charge is 0.493 e. The molecule has 33 heavy (non-hydrogen) atoms. The first kappa shape index (κ1) is 26.0. The highest BCUT2D eigenvalue weighted by atomic mass is 16.5. The average molecular weight is 441 g/mol. The second-order valence-corrected chi connectivity index (χ2v) is 8.42. The predicted molar refractivity (Wildman–Crippen MR) is 138 cm³/mol. The van der Waals surface area contributed by atoms with Gasteiger partial charge in [-0.25, -0.2) is 0 Å². The predicted octanol–water partition coefficient (Wildman–Crippen LogP) is 7.55. The molecule has 1 heterocycles. The van der Waals surface area contributed by atoms with Gasteiger partial charge in [-0.05, 0) is 89.6 Å². The highest BCUT2D eigenvalue weighted by molar-refractivity contribution is 5.79. The van der Waals surface area contributed by atoms with E-state index in [4.69, 9.17) is 15.3 Å². The molecule has 1 aliphatic heterocycles. The van der Waals surface area contributed by atoms with Gasteiger partial charge in [-0.1, -0.05) is 46.4 Å². The summed E-state index contributed by atoms with van der Waals surface area (Å²) in [5.74, 6) is 1.01. The first-order valence-electron chi connectivity index (χ1n) is 11.2. The van der Waals surface area contributed by atoms with Crippen molar-refractivity contribution in [2.45, 2.75) is 73.6 Å². The van der Waals surface area contributed by atoms with Crippen molar-refractivity contribution in [1.29, 1.82) is 10.5 Å². The number of rotatable bonds is 2. The van der Waals surface area contributed by atoms with Gasteiger partial charge in [0.1, 0.15) is 5.75 Å². The van der Waals surface area contributed by atoms with Gasteiger partial charge >= 0.3 is 0 Å². The summed E-state index contributed by atoms with van der Waals surface area (Å²) >= 11 is 0. The maximum absolute atomic E-state index is 8.82. The van der Waals surface area contributed by atoms with Crippen LogP contribution in [0.1, 0.15) is 80.0 Å². The molecule has 2 aromatic carbocycles. The third-order valence-electron chi connectivity index (χ3n) is 6.55. The molecule has 2 aromatic rings. The minimum absolute atomic E-state index is 0. The van der Waals surface area contributed by atoms with Crippen LogP contribution in [0.25, 0.3) is 11.1 Å². The monoisotopic (exact) mass is 440 g/mol. The van der Waals surface area contributed by atoms with Crippen molar-refractivity contribution in [3.8, 4) is 17.9 Å². The zero-order valence-electron chi connectivity index (χ0n) is 18.4. The van der Waals surface area contributed by atoms with E-state index in [9.17, 15) is 0 Å². The molecule has 0 bridgehead atoms. The fraction of sp³-hybridized carbons (Fsp3) is 0.400. The second kappa shape index (κ2) is 11.5. The number of aryl methyl sites for hydroxylation is 3. The highest BCUT2D eigenvalue weighted by Gasteiger charge is 2.25. The summed E-state index contributed by atoms with van der Waals surface area (Å²) in [7, 11) is 0. The lowest BCUT2D eigenvalue weighted by molar-refractivity contribution is 0.357. The smallest absolute Gasteiger partial charge is 0.123 e. The zero-order chi connectivity index (χ0) is 21.8. The van der Waals surface area contributed by atoms with Crippen LogP contribution in [0.5, 0.6) is 5.75 Å². The number of ether oxygens (including phenoxy) is 1. The number of fused-ring (bicyclic) bond motifs is 4. The molecule has 0 atom stereocenters. The quantitative estimate of drug-likeness (QED) is 0.453. The van der Waals surface area contributed by atoms with Gasteiger partial charge in [0, 0.05) is 24.1 Å². The standard InChI is InChI=1S/C15H17N.C13H11NO.2CH4/c1-3-4-14-11(2)5-6-12-7-8-13(9-10-16)15(12)14;14-7-5-10-2-1-9-3-4-12-11(13(9)10)6-8-15-12;;/h5-6,9H,3-4,7-8H2,1-2H3;3-5H,1-2,6,8H2;2*1H4/b13-9+;10-5+;;. The molecule has 0 fully saturated rings. The summed E-state index contributed by atoms with van der Waals surface area (Å²) in [6.07, 6.45) is 10.9. The topological polar surface area (TPSA) is 56.8 Å². The van der Waals surface area contributed by atoms with E-state index in [1.54, 1.807) is 12.2 Å². The molecule has 2 aliphatic carbocycles. The van der Waals surface area contributed by atoms with Crippen LogP contribution in [0.4, 0.5) is 0 Å². The third-order valence-corrected chi connectivity index (χ3v) is 6.55. The molecule has 0 aromatic heterocycles. The Kier molecular flexibility index (Phi) is 9.07. The van der Waals surface area contributed by atoms with Crippen molar-refractivity contribution >= 4 is 11.1 Å². The lowest BCUT2D eigenvalue weighted by Crippen LogP contribution is -1.96. The Morgan fingerprint density at radius 3 is 2.09 bits per heavy atom. The summed E-state index contributed by atoms with van der Waals surface area (Å²) in [6, 6.07) is 13.0. The first-order chi connectivity index (χ1) is 15.2. The van der Waals surface area contributed by atoms with E-state index in [0.29, 0.717) is 0 Å². The number of hydrogen-bond donors (Lipinski definition) is 0. The molecule has 3 nitrogen and oxygen atoms in total. The molecule has 0 unspecified atom stereocenters. The Hall–Kier alpha value is -3.30. The maximum atomic E-state index is 8.82. The van der Waals surface area contributed by atoms with Crippen LogP contribution < -0.4 is 4.74 Å². The van der Waals surface area contributed by atoms with E-state index >= 15 is 0 Å². The Bertz CT molecular complexity index is 1160. The number of nitrogens with zero attached hydrogens (tertiary/aromatic N) is 2. The Balaban J connectivity index is 0.000000220. The molecule has 3 aliphatic rings. The zero-order valence-corrected chi connectivity index (χ0v) is 18.4. The van der Waals surface area contributed by atoms with E-state index in [0.717, 1.165) is 57.3 Å². The first-order valence-corrected chi connectivity index (χ1v) is 11.2. The van der Waals surface area contributed by atoms with Crippen LogP contribution in [-0.4, -0.2) is 6.61 Å². The number of benzene rings is 2. The molecule has 5 rings (SSSR count). The molecule has 0 amide bonds. The molecule has 0 radical (unpaired) electrons. The van der Waals surface area contributed by atoms with Crippen molar-refractivity contribution in [1.82, 2.24) is 0 Å². The summed E-state index contributed by atoms with van der Waals surface area (Å²) in [6.45, 7) is 5.17. The minimum Gasteiger partial charge on any atom is -0.493 e. The van der Waals surface area contributed by atoms with E-state index in [1.807, 2.05) is 0 Å². The summed E-state index contributed by atoms with van der Waals surface area (Å²) < 4.78 is 5.54. The van der Waals surface area contributed by atoms with Crippen LogP contribution in [0.15, 0.2) is 36.4 Å². The molecule has 0 saturated heterocycles. The van der Waals surface area contributed by atoms with Gasteiger partial charge in [0.25, 0.3) is 0 Å². The molecule has 0 spiro atoms. The highest BCUT2D eigenvalue weighted by Crippen LogP contribution is 2.41. The van der Waals surface area contributed by atoms with Gasteiger partial charge in [0.2, 0.25) is 0 Å². The van der Waals surface area contributed by atoms with Crippen molar-refractivity contribution in [2.75, 3.05) is 6.61 Å². The third kappa shape index (κ3) is 5.04. The molecular formula is C30H36N2O. The van der Waals surface area contributed by atoms with Gasteiger partial charge in [0.15, 0.2) is 0 Å². The van der Waals surface area contributed by atoms with Crippen molar-refractivity contribution < 1.29 is 4.74 Å². The average Bonchev–Trinajstić information content (AvgIpc) is 3.49. The van der Waals surface area contributed by atoms with Crippen LogP contribution in [0.3, 0.4) is 0 Å². The molecular weight excluding hydrogens is 404 g/mol. The van der Waals surface area contributed by atoms with Gasteiger partial charge < -0.3 is 4.74 Å². The Morgan fingerprint density at radius 2 is 1.45 bits per heavy atom. The fourth-order valence-corrected chi connectivity index (χ4v) is 5.15. The lowest BCUT2D eigenvalue weighted by Gasteiger charge is -2.12. The Morgan fingerprint density at radius 1 is 0.848 bits per heavy atom. The van der Waals surface area contributed by atoms with Crippen LogP contribution in [0.2, 0.25) is 0 Å². The van der Waals surface area contributed by atoms with Crippen molar-refractivity contribution in [3.63, 3.8) is 0 Å². The summed E-state index contributed by atoms with van der Waals surface area (Å²) in [4.78, 5) is 0. The molecule has 172 valence electrons. The van der Waals surface area contributed by atoms with Crippen LogP contribution >= 0.6 is 0 Å². The normalized spacial score (nSPS) is 16.7. The summed E-state index contributed by atoms with van der Waals surface area (Å²) in [5, 5.41) is 17.6. The molecule has 3 heteroatoms. The molecule has 0 N–H and O–H groups in total. The Labute approximate surface area is 200 Å². The van der Waals surface area contributed by atoms with E-state index < -0.39 is 0 Å². The van der Waals surface area contributed by atoms with Gasteiger partial charge in [-0.3, -0.25) is 0 Å². The van der Waals surface area contributed by atoms with E-state index in [2.05, 4.69) is 50.3 Å². The summed E-state index contributed by atoms with van der Waals surface area (Å²) in [5.41, 5.74) is 12.0. The number of hydrogen-bond acceptors (Lipinski definition) is 3.